The minimum absolute atomic E-state index is 0.0329. The van der Waals surface area contributed by atoms with Gasteiger partial charge >= 0.3 is 0 Å². The van der Waals surface area contributed by atoms with Crippen molar-refractivity contribution in [1.29, 1.82) is 0 Å². The monoisotopic (exact) mass is 415 g/mol. The lowest BCUT2D eigenvalue weighted by Gasteiger charge is -2.26. The zero-order chi connectivity index (χ0) is 19.7. The van der Waals surface area contributed by atoms with Crippen LogP contribution >= 0.6 is 22.9 Å². The Morgan fingerprint density at radius 3 is 2.75 bits per heavy atom. The summed E-state index contributed by atoms with van der Waals surface area (Å²) in [5.41, 5.74) is 2.15. The molecule has 2 aromatic heterocycles. The summed E-state index contributed by atoms with van der Waals surface area (Å²) in [5.74, 6) is -0.119. The topological polar surface area (TPSA) is 63.9 Å². The second-order valence-electron chi connectivity index (χ2n) is 6.46. The first-order valence-corrected chi connectivity index (χ1v) is 10.1. The maximum atomic E-state index is 12.7. The molecule has 0 spiro atoms. The number of rotatable bonds is 3. The van der Waals surface area contributed by atoms with E-state index >= 15 is 0 Å². The van der Waals surface area contributed by atoms with E-state index in [1.165, 1.54) is 21.9 Å². The highest BCUT2D eigenvalue weighted by Crippen LogP contribution is 2.21. The first-order chi connectivity index (χ1) is 13.5. The third-order valence-corrected chi connectivity index (χ3v) is 5.95. The second-order valence-corrected chi connectivity index (χ2v) is 7.85. The van der Waals surface area contributed by atoms with Gasteiger partial charge in [0.1, 0.15) is 9.90 Å². The number of thiazole rings is 1. The number of halogens is 1. The van der Waals surface area contributed by atoms with Crippen LogP contribution in [0, 0.1) is 6.92 Å². The molecule has 0 atom stereocenters. The van der Waals surface area contributed by atoms with Crippen molar-refractivity contribution in [3.8, 4) is 0 Å². The molecular weight excluding hydrogens is 398 g/mol. The van der Waals surface area contributed by atoms with E-state index in [2.05, 4.69) is 4.98 Å². The van der Waals surface area contributed by atoms with Crippen LogP contribution in [0.1, 0.15) is 26.5 Å². The van der Waals surface area contributed by atoms with E-state index in [0.29, 0.717) is 41.8 Å². The molecule has 8 heteroatoms. The molecule has 1 amide bonds. The van der Waals surface area contributed by atoms with Crippen LogP contribution < -0.4 is 5.56 Å². The zero-order valence-electron chi connectivity index (χ0n) is 15.2. The Morgan fingerprint density at radius 2 is 2.00 bits per heavy atom. The number of aryl methyl sites for hydroxylation is 1. The van der Waals surface area contributed by atoms with E-state index in [9.17, 15) is 9.59 Å². The molecule has 4 rings (SSSR count). The number of hydrogen-bond donors (Lipinski definition) is 0. The van der Waals surface area contributed by atoms with E-state index in [-0.39, 0.29) is 16.5 Å². The van der Waals surface area contributed by atoms with E-state index in [0.717, 1.165) is 11.1 Å². The fraction of sp³-hybridized carbons (Fsp3) is 0.250. The molecule has 144 valence electrons. The lowest BCUT2D eigenvalue weighted by molar-refractivity contribution is 0.0306. The number of ether oxygens (including phenoxy) is 1. The van der Waals surface area contributed by atoms with Gasteiger partial charge in [-0.3, -0.25) is 14.0 Å². The average molecular weight is 416 g/mol. The Kier molecular flexibility index (Phi) is 5.30. The maximum Gasteiger partial charge on any atom is 0.277 e. The van der Waals surface area contributed by atoms with Gasteiger partial charge in [-0.15, -0.1) is 0 Å². The van der Waals surface area contributed by atoms with Crippen LogP contribution in [0.4, 0.5) is 0 Å². The molecule has 1 aromatic carbocycles. The number of carbonyl (C=O) groups excluding carboxylic acids is 1. The quantitative estimate of drug-likeness (QED) is 0.658. The minimum Gasteiger partial charge on any atom is -0.378 e. The van der Waals surface area contributed by atoms with Crippen LogP contribution in [0.2, 0.25) is 5.02 Å². The predicted molar refractivity (Wildman–Crippen MR) is 111 cm³/mol. The minimum atomic E-state index is -0.381. The average Bonchev–Trinajstić information content (AvgIpc) is 3.15. The fourth-order valence-corrected chi connectivity index (χ4v) is 4.16. The van der Waals surface area contributed by atoms with Crippen LogP contribution in [-0.2, 0) is 4.74 Å². The first kappa shape index (κ1) is 18.9. The molecule has 0 aliphatic carbocycles. The van der Waals surface area contributed by atoms with Crippen molar-refractivity contribution in [3.63, 3.8) is 0 Å². The van der Waals surface area contributed by atoms with Crippen LogP contribution in [0.25, 0.3) is 17.1 Å². The Bertz CT molecular complexity index is 1130. The number of carbonyl (C=O) groups is 1. The molecule has 28 heavy (non-hydrogen) atoms. The third kappa shape index (κ3) is 3.61. The van der Waals surface area contributed by atoms with Crippen LogP contribution in [0.3, 0.4) is 0 Å². The van der Waals surface area contributed by atoms with E-state index in [4.69, 9.17) is 16.3 Å². The molecule has 1 aliphatic rings. The van der Waals surface area contributed by atoms with E-state index in [1.807, 2.05) is 37.3 Å². The van der Waals surface area contributed by atoms with Gasteiger partial charge in [-0.25, -0.2) is 4.98 Å². The van der Waals surface area contributed by atoms with Gasteiger partial charge in [0.2, 0.25) is 0 Å². The van der Waals surface area contributed by atoms with Gasteiger partial charge in [0.15, 0.2) is 4.96 Å². The highest BCUT2D eigenvalue weighted by molar-refractivity contribution is 7.18. The van der Waals surface area contributed by atoms with Crippen molar-refractivity contribution in [1.82, 2.24) is 14.3 Å². The van der Waals surface area contributed by atoms with E-state index in [1.54, 1.807) is 11.0 Å². The van der Waals surface area contributed by atoms with Crippen molar-refractivity contribution in [2.45, 2.75) is 6.92 Å². The lowest BCUT2D eigenvalue weighted by atomic mass is 10.1. The standard InChI is InChI=1S/C20H18ClN3O3S/c1-13-4-2-3-5-14(13)6-7-15-17(21)19(26)24-12-16(28-20(24)22-15)18(25)23-8-10-27-11-9-23/h2-7,12H,8-11H2,1H3. The van der Waals surface area contributed by atoms with Gasteiger partial charge in [0.05, 0.1) is 18.9 Å². The molecule has 1 fully saturated rings. The van der Waals surface area contributed by atoms with Gasteiger partial charge in [0.25, 0.3) is 11.5 Å². The van der Waals surface area contributed by atoms with Crippen molar-refractivity contribution in [3.05, 3.63) is 67.5 Å². The summed E-state index contributed by atoms with van der Waals surface area (Å²) in [7, 11) is 0. The number of morpholine rings is 1. The van der Waals surface area contributed by atoms with Gasteiger partial charge in [-0.1, -0.05) is 53.3 Å². The summed E-state index contributed by atoms with van der Waals surface area (Å²) in [6.07, 6.45) is 5.13. The molecule has 0 unspecified atom stereocenters. The van der Waals surface area contributed by atoms with E-state index < -0.39 is 0 Å². The summed E-state index contributed by atoms with van der Waals surface area (Å²) in [6, 6.07) is 7.91. The number of aromatic nitrogens is 2. The van der Waals surface area contributed by atoms with Gasteiger partial charge in [0, 0.05) is 19.3 Å². The molecule has 0 saturated carbocycles. The van der Waals surface area contributed by atoms with Gasteiger partial charge in [-0.2, -0.15) is 0 Å². The molecule has 3 heterocycles. The smallest absolute Gasteiger partial charge is 0.277 e. The number of amides is 1. The first-order valence-electron chi connectivity index (χ1n) is 8.87. The number of benzene rings is 1. The molecule has 0 N–H and O–H groups in total. The van der Waals surface area contributed by atoms with Crippen molar-refractivity contribution in [2.75, 3.05) is 26.3 Å². The summed E-state index contributed by atoms with van der Waals surface area (Å²) < 4.78 is 6.62. The predicted octanol–water partition coefficient (Wildman–Crippen LogP) is 3.36. The number of hydrogen-bond acceptors (Lipinski definition) is 5. The third-order valence-electron chi connectivity index (χ3n) is 4.62. The Morgan fingerprint density at radius 1 is 1.25 bits per heavy atom. The largest absolute Gasteiger partial charge is 0.378 e. The van der Waals surface area contributed by atoms with Crippen molar-refractivity contribution < 1.29 is 9.53 Å². The molecule has 1 saturated heterocycles. The molecule has 1 aliphatic heterocycles. The lowest BCUT2D eigenvalue weighted by Crippen LogP contribution is -2.40. The van der Waals surface area contributed by atoms with Crippen LogP contribution in [-0.4, -0.2) is 46.5 Å². The van der Waals surface area contributed by atoms with Gasteiger partial charge in [-0.05, 0) is 24.1 Å². The maximum absolute atomic E-state index is 12.7. The summed E-state index contributed by atoms with van der Waals surface area (Å²) in [6.45, 7) is 4.14. The Labute approximate surface area is 170 Å². The molecule has 3 aromatic rings. The summed E-state index contributed by atoms with van der Waals surface area (Å²) >= 11 is 7.45. The highest BCUT2D eigenvalue weighted by atomic mass is 35.5. The Hall–Kier alpha value is -2.48. The highest BCUT2D eigenvalue weighted by Gasteiger charge is 2.22. The molecule has 0 radical (unpaired) electrons. The summed E-state index contributed by atoms with van der Waals surface area (Å²) in [4.78, 5) is 32.5. The number of fused-ring (bicyclic) bond motifs is 1. The van der Waals surface area contributed by atoms with Crippen molar-refractivity contribution in [2.24, 2.45) is 0 Å². The Balaban J connectivity index is 1.70. The van der Waals surface area contributed by atoms with Crippen LogP contribution in [0.5, 0.6) is 0 Å². The second kappa shape index (κ2) is 7.87. The van der Waals surface area contributed by atoms with Gasteiger partial charge < -0.3 is 9.64 Å². The molecular formula is C20H18ClN3O3S. The SMILES string of the molecule is Cc1ccccc1C=Cc1nc2sc(C(=O)N3CCOCC3)cn2c(=O)c1Cl. The fourth-order valence-electron chi connectivity index (χ4n) is 3.01. The molecule has 0 bridgehead atoms. The number of nitrogens with zero attached hydrogens (tertiary/aromatic N) is 3. The molecule has 6 nitrogen and oxygen atoms in total. The van der Waals surface area contributed by atoms with Crippen molar-refractivity contribution >= 4 is 46.0 Å². The normalized spacial score (nSPS) is 14.9. The zero-order valence-corrected chi connectivity index (χ0v) is 16.8. The summed E-state index contributed by atoms with van der Waals surface area (Å²) in [5, 5.41) is 0.0329. The van der Waals surface area contributed by atoms with Crippen LogP contribution in [0.15, 0.2) is 35.3 Å².